The minimum atomic E-state index is -0.707. The molecule has 0 aromatic heterocycles. The molecule has 1 amide bonds. The molecule has 1 rings (SSSR count). The van der Waals surface area contributed by atoms with Crippen LogP contribution in [0.3, 0.4) is 0 Å². The topological polar surface area (TPSA) is 66.4 Å². The zero-order valence-electron chi connectivity index (χ0n) is 9.62. The molecule has 16 heavy (non-hydrogen) atoms. The SMILES string of the molecule is CCNC(=O)CCSCC1(CC(=O)O)CC1. The van der Waals surface area contributed by atoms with Crippen molar-refractivity contribution >= 4 is 23.6 Å². The second-order valence-electron chi connectivity index (χ2n) is 4.33. The quantitative estimate of drug-likeness (QED) is 0.636. The fraction of sp³-hybridized carbons (Fsp3) is 0.818. The van der Waals surface area contributed by atoms with Gasteiger partial charge in [-0.3, -0.25) is 9.59 Å². The Morgan fingerprint density at radius 2 is 2.12 bits per heavy atom. The monoisotopic (exact) mass is 245 g/mol. The van der Waals surface area contributed by atoms with Crippen molar-refractivity contribution in [2.24, 2.45) is 5.41 Å². The van der Waals surface area contributed by atoms with E-state index in [4.69, 9.17) is 5.11 Å². The Labute approximate surface area is 100 Å². The lowest BCUT2D eigenvalue weighted by Gasteiger charge is -2.11. The summed E-state index contributed by atoms with van der Waals surface area (Å²) >= 11 is 1.69. The first-order chi connectivity index (χ1) is 7.58. The van der Waals surface area contributed by atoms with Crippen molar-refractivity contribution in [3.63, 3.8) is 0 Å². The number of nitrogens with one attached hydrogen (secondary N) is 1. The molecule has 1 saturated carbocycles. The number of hydrogen-bond donors (Lipinski definition) is 2. The molecule has 0 aromatic carbocycles. The maximum absolute atomic E-state index is 11.1. The van der Waals surface area contributed by atoms with Gasteiger partial charge in [-0.2, -0.15) is 11.8 Å². The second-order valence-corrected chi connectivity index (χ2v) is 5.43. The Bertz CT molecular complexity index is 264. The number of thioether (sulfide) groups is 1. The van der Waals surface area contributed by atoms with E-state index in [1.54, 1.807) is 11.8 Å². The van der Waals surface area contributed by atoms with Crippen LogP contribution in [0.15, 0.2) is 0 Å². The summed E-state index contributed by atoms with van der Waals surface area (Å²) in [5, 5.41) is 11.5. The highest BCUT2D eigenvalue weighted by molar-refractivity contribution is 7.99. The summed E-state index contributed by atoms with van der Waals surface area (Å²) < 4.78 is 0. The van der Waals surface area contributed by atoms with Crippen LogP contribution in [0, 0.1) is 5.41 Å². The van der Waals surface area contributed by atoms with Crippen molar-refractivity contribution in [2.45, 2.75) is 32.6 Å². The van der Waals surface area contributed by atoms with Crippen LogP contribution < -0.4 is 5.32 Å². The van der Waals surface area contributed by atoms with Gasteiger partial charge in [-0.1, -0.05) is 0 Å². The van der Waals surface area contributed by atoms with Crippen molar-refractivity contribution in [1.29, 1.82) is 0 Å². The number of hydrogen-bond acceptors (Lipinski definition) is 3. The minimum Gasteiger partial charge on any atom is -0.481 e. The Balaban J connectivity index is 2.07. The molecule has 1 fully saturated rings. The standard InChI is InChI=1S/C11H19NO3S/c1-2-12-9(13)3-6-16-8-11(4-5-11)7-10(14)15/h2-8H2,1H3,(H,12,13)(H,14,15). The summed E-state index contributed by atoms with van der Waals surface area (Å²) in [7, 11) is 0. The van der Waals surface area contributed by atoms with E-state index in [0.717, 1.165) is 24.3 Å². The van der Waals surface area contributed by atoms with Crippen molar-refractivity contribution < 1.29 is 14.7 Å². The van der Waals surface area contributed by atoms with E-state index < -0.39 is 5.97 Å². The normalized spacial score (nSPS) is 16.8. The molecule has 0 spiro atoms. The molecule has 0 unspecified atom stereocenters. The molecule has 0 saturated heterocycles. The van der Waals surface area contributed by atoms with Gasteiger partial charge in [0.25, 0.3) is 0 Å². The van der Waals surface area contributed by atoms with Crippen molar-refractivity contribution in [3.8, 4) is 0 Å². The number of aliphatic carboxylic acids is 1. The fourth-order valence-electron chi connectivity index (χ4n) is 1.61. The Kier molecular flexibility index (Phi) is 5.12. The van der Waals surface area contributed by atoms with Crippen LogP contribution in [0.2, 0.25) is 0 Å². The molecule has 0 radical (unpaired) electrons. The van der Waals surface area contributed by atoms with Gasteiger partial charge in [-0.25, -0.2) is 0 Å². The van der Waals surface area contributed by atoms with E-state index in [-0.39, 0.29) is 17.7 Å². The van der Waals surface area contributed by atoms with E-state index >= 15 is 0 Å². The third-order valence-corrected chi connectivity index (χ3v) is 4.05. The number of carboxylic acids is 1. The molecule has 0 heterocycles. The van der Waals surface area contributed by atoms with Crippen molar-refractivity contribution in [1.82, 2.24) is 5.32 Å². The van der Waals surface area contributed by atoms with Crippen LogP contribution in [0.1, 0.15) is 32.6 Å². The molecule has 4 nitrogen and oxygen atoms in total. The van der Waals surface area contributed by atoms with Gasteiger partial charge in [0.1, 0.15) is 0 Å². The maximum Gasteiger partial charge on any atom is 0.303 e. The fourth-order valence-corrected chi connectivity index (χ4v) is 2.91. The summed E-state index contributed by atoms with van der Waals surface area (Å²) in [6.45, 7) is 2.57. The lowest BCUT2D eigenvalue weighted by molar-refractivity contribution is -0.138. The van der Waals surface area contributed by atoms with E-state index in [1.807, 2.05) is 6.92 Å². The summed E-state index contributed by atoms with van der Waals surface area (Å²) in [5.74, 6) is 1.03. The third kappa shape index (κ3) is 4.88. The van der Waals surface area contributed by atoms with E-state index in [2.05, 4.69) is 5.32 Å². The predicted molar refractivity (Wildman–Crippen MR) is 64.5 cm³/mol. The number of carboxylic acid groups (broad SMARTS) is 1. The first-order valence-electron chi connectivity index (χ1n) is 5.64. The lowest BCUT2D eigenvalue weighted by Crippen LogP contribution is -2.23. The molecule has 92 valence electrons. The highest BCUT2D eigenvalue weighted by atomic mass is 32.2. The van der Waals surface area contributed by atoms with Crippen LogP contribution in [-0.2, 0) is 9.59 Å². The van der Waals surface area contributed by atoms with Gasteiger partial charge in [-0.05, 0) is 30.9 Å². The molecule has 1 aliphatic carbocycles. The van der Waals surface area contributed by atoms with Gasteiger partial charge in [0, 0.05) is 18.7 Å². The molecule has 2 N–H and O–H groups in total. The number of rotatable bonds is 8. The zero-order valence-corrected chi connectivity index (χ0v) is 10.4. The maximum atomic E-state index is 11.1. The summed E-state index contributed by atoms with van der Waals surface area (Å²) in [6.07, 6.45) is 2.85. The Morgan fingerprint density at radius 3 is 2.62 bits per heavy atom. The average molecular weight is 245 g/mol. The smallest absolute Gasteiger partial charge is 0.303 e. The van der Waals surface area contributed by atoms with Gasteiger partial charge in [0.2, 0.25) is 5.91 Å². The lowest BCUT2D eigenvalue weighted by atomic mass is 10.1. The molecule has 5 heteroatoms. The number of carbonyl (C=O) groups is 2. The summed E-state index contributed by atoms with van der Waals surface area (Å²) in [6, 6.07) is 0. The highest BCUT2D eigenvalue weighted by Crippen LogP contribution is 2.50. The van der Waals surface area contributed by atoms with Crippen LogP contribution in [0.25, 0.3) is 0 Å². The minimum absolute atomic E-state index is 0.0394. The molecule has 0 aromatic rings. The second kappa shape index (κ2) is 6.13. The number of amides is 1. The van der Waals surface area contributed by atoms with Crippen LogP contribution in [-0.4, -0.2) is 35.0 Å². The van der Waals surface area contributed by atoms with Crippen molar-refractivity contribution in [3.05, 3.63) is 0 Å². The van der Waals surface area contributed by atoms with E-state index in [9.17, 15) is 9.59 Å². The molecule has 0 atom stereocenters. The van der Waals surface area contributed by atoms with E-state index in [0.29, 0.717) is 13.0 Å². The molecular weight excluding hydrogens is 226 g/mol. The van der Waals surface area contributed by atoms with Crippen LogP contribution in [0.5, 0.6) is 0 Å². The predicted octanol–water partition coefficient (Wildman–Crippen LogP) is 1.50. The summed E-state index contributed by atoms with van der Waals surface area (Å²) in [4.78, 5) is 21.8. The van der Waals surface area contributed by atoms with Gasteiger partial charge in [0.15, 0.2) is 0 Å². The molecule has 0 bridgehead atoms. The summed E-state index contributed by atoms with van der Waals surface area (Å²) in [5.41, 5.74) is 0.0394. The van der Waals surface area contributed by atoms with Crippen LogP contribution in [0.4, 0.5) is 0 Å². The number of carbonyl (C=O) groups excluding carboxylic acids is 1. The van der Waals surface area contributed by atoms with Gasteiger partial charge >= 0.3 is 5.97 Å². The zero-order chi connectivity index (χ0) is 12.0. The first kappa shape index (κ1) is 13.4. The Morgan fingerprint density at radius 1 is 1.44 bits per heavy atom. The van der Waals surface area contributed by atoms with Gasteiger partial charge in [0.05, 0.1) is 6.42 Å². The average Bonchev–Trinajstić information content (AvgIpc) is 2.93. The molecular formula is C11H19NO3S. The van der Waals surface area contributed by atoms with Crippen molar-refractivity contribution in [2.75, 3.05) is 18.1 Å². The van der Waals surface area contributed by atoms with E-state index in [1.165, 1.54) is 0 Å². The largest absolute Gasteiger partial charge is 0.481 e. The van der Waals surface area contributed by atoms with Crippen LogP contribution >= 0.6 is 11.8 Å². The van der Waals surface area contributed by atoms with Gasteiger partial charge in [-0.15, -0.1) is 0 Å². The molecule has 0 aliphatic heterocycles. The first-order valence-corrected chi connectivity index (χ1v) is 6.80. The van der Waals surface area contributed by atoms with Gasteiger partial charge < -0.3 is 10.4 Å². The molecule has 1 aliphatic rings. The third-order valence-electron chi connectivity index (χ3n) is 2.74. The highest BCUT2D eigenvalue weighted by Gasteiger charge is 2.43. The Hall–Kier alpha value is -0.710.